The van der Waals surface area contributed by atoms with Gasteiger partial charge in [-0.25, -0.2) is 19.7 Å². The molecule has 218 valence electrons. The molecule has 0 unspecified atom stereocenters. The number of nitrogens with one attached hydrogen (secondary N) is 1. The predicted octanol–water partition coefficient (Wildman–Crippen LogP) is 1.61. The van der Waals surface area contributed by atoms with Crippen molar-refractivity contribution in [3.63, 3.8) is 0 Å². The predicted molar refractivity (Wildman–Crippen MR) is 147 cm³/mol. The Kier molecular flexibility index (Phi) is 10.2. The number of hydrogen-bond donors (Lipinski definition) is 2. The SMILES string of the molecule is C[C@@H]1c2nc(Nc3cc4c(C(C)(C)N=[N+]=[N-])cnc(OC5CC(C(=O)O)C5)c4cn3)ccc2C(=O)OC1(C)C.O.[Li+].[OH-]. The van der Waals surface area contributed by atoms with Crippen LogP contribution in [0.25, 0.3) is 21.2 Å². The fourth-order valence-corrected chi connectivity index (χ4v) is 4.84. The van der Waals surface area contributed by atoms with Gasteiger partial charge in [-0.15, -0.1) is 0 Å². The Hall–Kier alpha value is -3.92. The van der Waals surface area contributed by atoms with Gasteiger partial charge in [-0.1, -0.05) is 25.9 Å². The molecule has 1 aliphatic heterocycles. The minimum absolute atomic E-state index is 0. The smallest absolute Gasteiger partial charge is 0.870 e. The molecule has 42 heavy (non-hydrogen) atoms. The zero-order valence-corrected chi connectivity index (χ0v) is 24.2. The molecule has 15 heteroatoms. The number of carboxylic acid groups (broad SMARTS) is 1. The number of anilines is 2. The van der Waals surface area contributed by atoms with Crippen molar-refractivity contribution in [2.75, 3.05) is 5.32 Å². The molecule has 5 N–H and O–H groups in total. The van der Waals surface area contributed by atoms with Gasteiger partial charge in [-0.3, -0.25) is 4.79 Å². The molecule has 0 spiro atoms. The Morgan fingerprint density at radius 2 is 1.90 bits per heavy atom. The maximum atomic E-state index is 12.5. The van der Waals surface area contributed by atoms with E-state index in [0.29, 0.717) is 58.0 Å². The van der Waals surface area contributed by atoms with Crippen LogP contribution in [0.15, 0.2) is 35.7 Å². The van der Waals surface area contributed by atoms with Crippen LogP contribution in [0.1, 0.15) is 75.0 Å². The number of esters is 1. The fraction of sp³-hybridized carbons (Fsp3) is 0.444. The molecular weight excluding hydrogens is 541 g/mol. The molecule has 0 saturated heterocycles. The summed E-state index contributed by atoms with van der Waals surface area (Å²) >= 11 is 0. The first kappa shape index (κ1) is 34.3. The maximum absolute atomic E-state index is 12.5. The summed E-state index contributed by atoms with van der Waals surface area (Å²) in [7, 11) is 0. The fourth-order valence-electron chi connectivity index (χ4n) is 4.84. The van der Waals surface area contributed by atoms with E-state index in [1.165, 1.54) is 0 Å². The van der Waals surface area contributed by atoms with Crippen molar-refractivity contribution < 1.29 is 54.0 Å². The normalized spacial score (nSPS) is 20.1. The van der Waals surface area contributed by atoms with Crippen LogP contribution in [0, 0.1) is 5.92 Å². The standard InChI is InChI=1S/C27H29N7O5.Li.2H2O/c1-13-22-16(25(37)39-27(13,4)5)6-7-20(32-22)31-21-10-17-18(11-29-21)23(38-15-8-14(9-15)24(35)36)30-12-19(17)26(2,3)33-34-28;;;/h6-7,10-15H,8-9H2,1-5H3,(H,35,36)(H,29,31,32);;2*1H2/q;+1;;/p-1/t13-,14?,15?;;;/m1.../s1. The van der Waals surface area contributed by atoms with Crippen molar-refractivity contribution in [3.8, 4) is 5.88 Å². The van der Waals surface area contributed by atoms with Gasteiger partial charge >= 0.3 is 30.8 Å². The molecular formula is C27H32LiN7O7. The number of ether oxygens (including phenoxy) is 2. The summed E-state index contributed by atoms with van der Waals surface area (Å²) in [5.74, 6) is -0.453. The molecule has 4 heterocycles. The molecule has 3 aromatic rings. The van der Waals surface area contributed by atoms with Crippen molar-refractivity contribution in [1.29, 1.82) is 0 Å². The van der Waals surface area contributed by atoms with Crippen LogP contribution in [0.2, 0.25) is 0 Å². The van der Waals surface area contributed by atoms with Gasteiger partial charge < -0.3 is 30.8 Å². The van der Waals surface area contributed by atoms with Gasteiger partial charge in [0.15, 0.2) is 0 Å². The average molecular weight is 574 g/mol. The Bertz CT molecular complexity index is 1550. The van der Waals surface area contributed by atoms with E-state index in [2.05, 4.69) is 25.3 Å². The van der Waals surface area contributed by atoms with E-state index in [0.717, 1.165) is 0 Å². The third-order valence-electron chi connectivity index (χ3n) is 7.62. The summed E-state index contributed by atoms with van der Waals surface area (Å²) in [6.45, 7) is 9.26. The molecule has 1 saturated carbocycles. The molecule has 5 rings (SSSR count). The first-order valence-corrected chi connectivity index (χ1v) is 12.7. The largest absolute Gasteiger partial charge is 1.00 e. The summed E-state index contributed by atoms with van der Waals surface area (Å²) in [4.78, 5) is 40.4. The van der Waals surface area contributed by atoms with Crippen LogP contribution in [0.3, 0.4) is 0 Å². The Morgan fingerprint density at radius 3 is 2.55 bits per heavy atom. The summed E-state index contributed by atoms with van der Waals surface area (Å²) in [6, 6.07) is 5.19. The second kappa shape index (κ2) is 12.5. The third kappa shape index (κ3) is 6.28. The summed E-state index contributed by atoms with van der Waals surface area (Å²) in [5.41, 5.74) is 9.28. The summed E-state index contributed by atoms with van der Waals surface area (Å²) in [5, 5.41) is 17.7. The van der Waals surface area contributed by atoms with Crippen LogP contribution in [-0.4, -0.2) is 54.7 Å². The second-order valence-corrected chi connectivity index (χ2v) is 11.1. The molecule has 0 aromatic carbocycles. The van der Waals surface area contributed by atoms with Gasteiger partial charge in [-0.2, -0.15) is 0 Å². The summed E-state index contributed by atoms with van der Waals surface area (Å²) < 4.78 is 11.6. The monoisotopic (exact) mass is 573 g/mol. The van der Waals surface area contributed by atoms with Crippen molar-refractivity contribution in [2.24, 2.45) is 11.0 Å². The molecule has 0 radical (unpaired) electrons. The van der Waals surface area contributed by atoms with E-state index < -0.39 is 29.0 Å². The molecule has 0 bridgehead atoms. The topological polar surface area (TPSA) is 234 Å². The number of nitrogens with zero attached hydrogens (tertiary/aromatic N) is 6. The number of hydrogen-bond acceptors (Lipinski definition) is 10. The van der Waals surface area contributed by atoms with Crippen molar-refractivity contribution in [3.05, 3.63) is 57.9 Å². The minimum Gasteiger partial charge on any atom is -0.870 e. The van der Waals surface area contributed by atoms with E-state index in [1.807, 2.05) is 20.8 Å². The van der Waals surface area contributed by atoms with Crippen LogP contribution in [0.5, 0.6) is 5.88 Å². The van der Waals surface area contributed by atoms with Gasteiger partial charge in [0.05, 0.1) is 28.1 Å². The molecule has 1 aliphatic carbocycles. The zero-order chi connectivity index (χ0) is 28.1. The molecule has 2 aliphatic rings. The first-order chi connectivity index (χ1) is 18.4. The Labute approximate surface area is 253 Å². The van der Waals surface area contributed by atoms with E-state index in [1.54, 1.807) is 44.4 Å². The first-order valence-electron chi connectivity index (χ1n) is 12.7. The third-order valence-corrected chi connectivity index (χ3v) is 7.62. The number of fused-ring (bicyclic) bond motifs is 2. The van der Waals surface area contributed by atoms with Crippen molar-refractivity contribution >= 4 is 34.3 Å². The number of aromatic nitrogens is 3. The number of rotatable bonds is 7. The van der Waals surface area contributed by atoms with Gasteiger partial charge in [-0.05, 0) is 61.4 Å². The van der Waals surface area contributed by atoms with Gasteiger partial charge in [0.2, 0.25) is 5.88 Å². The second-order valence-electron chi connectivity index (χ2n) is 11.1. The summed E-state index contributed by atoms with van der Waals surface area (Å²) in [6.07, 6.45) is 3.78. The average Bonchev–Trinajstić information content (AvgIpc) is 2.83. The number of azide groups is 1. The maximum Gasteiger partial charge on any atom is 1.00 e. The quantitative estimate of drug-likeness (QED) is 0.136. The number of carboxylic acids is 1. The van der Waals surface area contributed by atoms with Gasteiger partial charge in [0.1, 0.15) is 23.3 Å². The van der Waals surface area contributed by atoms with Crippen molar-refractivity contribution in [1.82, 2.24) is 15.0 Å². The Morgan fingerprint density at radius 1 is 1.21 bits per heavy atom. The number of aliphatic carboxylic acids is 1. The van der Waals surface area contributed by atoms with E-state index in [-0.39, 0.29) is 41.8 Å². The molecule has 3 aromatic heterocycles. The van der Waals surface area contributed by atoms with Crippen LogP contribution < -0.4 is 28.9 Å². The van der Waals surface area contributed by atoms with E-state index >= 15 is 0 Å². The van der Waals surface area contributed by atoms with Crippen molar-refractivity contribution in [2.45, 2.75) is 70.6 Å². The van der Waals surface area contributed by atoms with Gasteiger partial charge in [0, 0.05) is 23.2 Å². The van der Waals surface area contributed by atoms with E-state index in [4.69, 9.17) is 20.0 Å². The number of cyclic esters (lactones) is 1. The van der Waals surface area contributed by atoms with E-state index in [9.17, 15) is 14.7 Å². The molecule has 14 nitrogen and oxygen atoms in total. The van der Waals surface area contributed by atoms with Gasteiger partial charge in [0.25, 0.3) is 0 Å². The molecule has 1 atom stereocenters. The van der Waals surface area contributed by atoms with Crippen LogP contribution >= 0.6 is 0 Å². The number of pyridine rings is 3. The van der Waals surface area contributed by atoms with Crippen LogP contribution in [-0.2, 0) is 15.1 Å². The minimum atomic E-state index is -0.923. The number of carbonyl (C=O) groups is 2. The zero-order valence-electron chi connectivity index (χ0n) is 24.2. The molecule has 1 fully saturated rings. The molecule has 0 amide bonds. The Balaban J connectivity index is 0.00000205. The number of carbonyl (C=O) groups excluding carboxylic acids is 1. The van der Waals surface area contributed by atoms with Crippen LogP contribution in [0.4, 0.5) is 11.6 Å².